The second-order valence-corrected chi connectivity index (χ2v) is 5.07. The summed E-state index contributed by atoms with van der Waals surface area (Å²) in [5, 5.41) is 2.97. The Kier molecular flexibility index (Phi) is 10.2. The molecule has 0 amide bonds. The van der Waals surface area contributed by atoms with E-state index in [2.05, 4.69) is 27.7 Å². The molecule has 0 nitrogen and oxygen atoms in total. The molecule has 0 saturated carbocycles. The molecular formula is C8H18AlB. The fraction of sp³-hybridized carbons (Fsp3) is 1.00. The van der Waals surface area contributed by atoms with E-state index < -0.39 is 0 Å². The maximum absolute atomic E-state index is 2.31. The maximum Gasteiger partial charge on any atom is 0.200 e. The molecule has 0 fully saturated rings. The first kappa shape index (κ1) is 13.2. The van der Waals surface area contributed by atoms with Crippen molar-refractivity contribution in [2.24, 2.45) is 11.8 Å². The molecule has 0 heterocycles. The van der Waals surface area contributed by atoms with Crippen molar-refractivity contribution in [3.8, 4) is 0 Å². The van der Waals surface area contributed by atoms with E-state index in [-0.39, 0.29) is 8.41 Å². The van der Waals surface area contributed by atoms with Gasteiger partial charge in [-0.25, -0.2) is 0 Å². The zero-order valence-electron chi connectivity index (χ0n) is 7.72. The Labute approximate surface area is 74.1 Å². The van der Waals surface area contributed by atoms with Gasteiger partial charge in [0.05, 0.1) is 0 Å². The second-order valence-electron chi connectivity index (χ2n) is 3.55. The molecule has 0 aliphatic carbocycles. The molecule has 0 unspecified atom stereocenters. The molecule has 0 spiro atoms. The minimum absolute atomic E-state index is 0. The first-order valence-electron chi connectivity index (χ1n) is 3.94. The van der Waals surface area contributed by atoms with Gasteiger partial charge in [0.25, 0.3) is 0 Å². The average Bonchev–Trinajstić information content (AvgIpc) is 1.63. The largest absolute Gasteiger partial charge is 0.200 e. The maximum atomic E-state index is 2.31. The smallest absolute Gasteiger partial charge is 0.102 e. The summed E-state index contributed by atoms with van der Waals surface area (Å²) in [7, 11) is 0. The van der Waals surface area contributed by atoms with Gasteiger partial charge in [-0.05, 0) is 0 Å². The lowest BCUT2D eigenvalue weighted by molar-refractivity contribution is 0.700. The highest BCUT2D eigenvalue weighted by Crippen LogP contribution is 2.05. The monoisotopic (exact) mass is 152 g/mol. The average molecular weight is 152 g/mol. The van der Waals surface area contributed by atoms with Crippen molar-refractivity contribution < 1.29 is 0 Å². The molecule has 0 N–H and O–H groups in total. The van der Waals surface area contributed by atoms with Crippen LogP contribution in [0.1, 0.15) is 27.7 Å². The molecule has 0 rings (SSSR count). The third-order valence-corrected chi connectivity index (χ3v) is 3.83. The third kappa shape index (κ3) is 11.4. The lowest BCUT2D eigenvalue weighted by atomic mass is 10.3. The van der Waals surface area contributed by atoms with E-state index in [0.717, 1.165) is 27.1 Å². The molecule has 4 radical (unpaired) electrons. The van der Waals surface area contributed by atoms with E-state index in [1.54, 1.807) is 0 Å². The van der Waals surface area contributed by atoms with Gasteiger partial charge < -0.3 is 0 Å². The van der Waals surface area contributed by atoms with Crippen molar-refractivity contribution in [2.75, 3.05) is 0 Å². The van der Waals surface area contributed by atoms with Crippen LogP contribution in [-0.2, 0) is 0 Å². The van der Waals surface area contributed by atoms with Crippen LogP contribution in [0.25, 0.3) is 0 Å². The molecule has 0 aliphatic rings. The van der Waals surface area contributed by atoms with Crippen molar-refractivity contribution >= 4 is 23.6 Å². The van der Waals surface area contributed by atoms with Crippen LogP contribution in [0, 0.1) is 11.8 Å². The van der Waals surface area contributed by atoms with Crippen LogP contribution in [-0.4, -0.2) is 23.6 Å². The van der Waals surface area contributed by atoms with Crippen LogP contribution in [0.3, 0.4) is 0 Å². The molecule has 0 aliphatic heterocycles. The van der Waals surface area contributed by atoms with Crippen molar-refractivity contribution in [3.05, 3.63) is 0 Å². The highest BCUT2D eigenvalue weighted by atomic mass is 27.1. The summed E-state index contributed by atoms with van der Waals surface area (Å²) < 4.78 is 0. The van der Waals surface area contributed by atoms with Gasteiger partial charge in [0.1, 0.15) is 0 Å². The van der Waals surface area contributed by atoms with Gasteiger partial charge in [-0.1, -0.05) is 39.5 Å². The Bertz CT molecular complexity index is 54.3. The van der Waals surface area contributed by atoms with Crippen molar-refractivity contribution in [1.82, 2.24) is 0 Å². The van der Waals surface area contributed by atoms with Crippen molar-refractivity contribution in [2.45, 2.75) is 38.3 Å². The fourth-order valence-electron chi connectivity index (χ4n) is 0.763. The molecule has 0 aromatic rings. The highest BCUT2D eigenvalue weighted by molar-refractivity contribution is 6.35. The Morgan fingerprint density at radius 3 is 1.40 bits per heavy atom. The van der Waals surface area contributed by atoms with Gasteiger partial charge in [0.2, 0.25) is 15.2 Å². The quantitative estimate of drug-likeness (QED) is 0.542. The molecule has 0 atom stereocenters. The Morgan fingerprint density at radius 1 is 0.900 bits per heavy atom. The minimum Gasteiger partial charge on any atom is -0.102 e. The first-order chi connectivity index (χ1) is 4.13. The molecule has 10 heavy (non-hydrogen) atoms. The number of hydrogen-bond acceptors (Lipinski definition) is 0. The van der Waals surface area contributed by atoms with E-state index >= 15 is 0 Å². The number of rotatable bonds is 4. The molecular weight excluding hydrogens is 134 g/mol. The first-order valence-corrected chi connectivity index (χ1v) is 5.58. The van der Waals surface area contributed by atoms with Crippen molar-refractivity contribution in [3.63, 3.8) is 0 Å². The summed E-state index contributed by atoms with van der Waals surface area (Å²) in [5.41, 5.74) is 0. The zero-order chi connectivity index (χ0) is 7.28. The lowest BCUT2D eigenvalue weighted by Gasteiger charge is -2.03. The van der Waals surface area contributed by atoms with Crippen LogP contribution < -0.4 is 0 Å². The van der Waals surface area contributed by atoms with Gasteiger partial charge in [0.15, 0.2) is 0 Å². The van der Waals surface area contributed by atoms with Crippen molar-refractivity contribution in [1.29, 1.82) is 0 Å². The Morgan fingerprint density at radius 2 is 1.20 bits per heavy atom. The van der Waals surface area contributed by atoms with E-state index in [1.165, 1.54) is 10.6 Å². The summed E-state index contributed by atoms with van der Waals surface area (Å²) in [4.78, 5) is 0. The SMILES string of the molecule is CC(C)[CH2][Al][CH2]C(C)C.[B]. The van der Waals surface area contributed by atoms with Gasteiger partial charge in [0, 0.05) is 8.41 Å². The number of hydrogen-bond donors (Lipinski definition) is 0. The molecule has 0 aromatic heterocycles. The summed E-state index contributed by atoms with van der Waals surface area (Å²) in [6.07, 6.45) is 0. The van der Waals surface area contributed by atoms with Crippen LogP contribution in [0.5, 0.6) is 0 Å². The molecule has 0 saturated heterocycles. The summed E-state index contributed by atoms with van der Waals surface area (Å²) in [6, 6.07) is 0. The molecule has 2 heteroatoms. The third-order valence-electron chi connectivity index (χ3n) is 1.28. The van der Waals surface area contributed by atoms with Gasteiger partial charge in [-0.2, -0.15) is 0 Å². The lowest BCUT2D eigenvalue weighted by Crippen LogP contribution is -1.99. The van der Waals surface area contributed by atoms with E-state index in [1.807, 2.05) is 0 Å². The predicted molar refractivity (Wildman–Crippen MR) is 50.8 cm³/mol. The van der Waals surface area contributed by atoms with Crippen LogP contribution in [0.4, 0.5) is 0 Å². The van der Waals surface area contributed by atoms with E-state index in [0.29, 0.717) is 0 Å². The Balaban J connectivity index is 0. The molecule has 0 bridgehead atoms. The van der Waals surface area contributed by atoms with Gasteiger partial charge >= 0.3 is 0 Å². The van der Waals surface area contributed by atoms with E-state index in [4.69, 9.17) is 0 Å². The molecule has 56 valence electrons. The Hall–Kier alpha value is 0.597. The summed E-state index contributed by atoms with van der Waals surface area (Å²) >= 11 is 0.755. The normalized spacial score (nSPS) is 9.80. The summed E-state index contributed by atoms with van der Waals surface area (Å²) in [5.74, 6) is 1.86. The molecule has 0 aromatic carbocycles. The van der Waals surface area contributed by atoms with Crippen LogP contribution in [0.15, 0.2) is 0 Å². The fourth-order valence-corrected chi connectivity index (χ4v) is 2.29. The standard InChI is InChI=1S/2C4H9.Al.B/c2*1-4(2)3;;/h2*4H,1H2,2-3H3;;. The highest BCUT2D eigenvalue weighted by Gasteiger charge is 1.98. The van der Waals surface area contributed by atoms with Crippen LogP contribution >= 0.6 is 0 Å². The second kappa shape index (κ2) is 7.70. The van der Waals surface area contributed by atoms with Crippen LogP contribution in [0.2, 0.25) is 10.6 Å². The predicted octanol–water partition coefficient (Wildman–Crippen LogP) is 2.46. The zero-order valence-corrected chi connectivity index (χ0v) is 8.88. The van der Waals surface area contributed by atoms with Gasteiger partial charge in [-0.15, -0.1) is 10.6 Å². The van der Waals surface area contributed by atoms with E-state index in [9.17, 15) is 0 Å². The summed E-state index contributed by atoms with van der Waals surface area (Å²) in [6.45, 7) is 9.25. The topological polar surface area (TPSA) is 0 Å². The minimum atomic E-state index is 0. The van der Waals surface area contributed by atoms with Gasteiger partial charge in [-0.3, -0.25) is 0 Å².